The topological polar surface area (TPSA) is 55.4 Å². The molecule has 0 radical (unpaired) electrons. The standard InChI is InChI=1S/C18H16F3NO3S/c1-11(13-7-6-12(19)8-15(13)21)22-17(23)9-25-18(24)10-26-16-5-3-2-4-14(16)20/h2-8,11H,9-10H2,1H3,(H,22,23)/t11-/m0/s1. The van der Waals surface area contributed by atoms with Crippen molar-refractivity contribution in [1.82, 2.24) is 5.32 Å². The third-order valence-corrected chi connectivity index (χ3v) is 4.38. The highest BCUT2D eigenvalue weighted by Crippen LogP contribution is 2.21. The second-order valence-electron chi connectivity index (χ2n) is 5.33. The van der Waals surface area contributed by atoms with E-state index in [4.69, 9.17) is 4.74 Å². The van der Waals surface area contributed by atoms with E-state index in [1.807, 2.05) is 0 Å². The summed E-state index contributed by atoms with van der Waals surface area (Å²) in [5.74, 6) is -3.42. The van der Waals surface area contributed by atoms with Gasteiger partial charge in [-0.05, 0) is 25.1 Å². The first-order chi connectivity index (χ1) is 12.4. The van der Waals surface area contributed by atoms with Gasteiger partial charge in [-0.3, -0.25) is 9.59 Å². The van der Waals surface area contributed by atoms with Crippen LogP contribution in [-0.2, 0) is 14.3 Å². The number of nitrogens with one attached hydrogen (secondary N) is 1. The molecular weight excluding hydrogens is 367 g/mol. The van der Waals surface area contributed by atoms with Gasteiger partial charge in [0.1, 0.15) is 17.5 Å². The maximum atomic E-state index is 13.6. The molecule has 1 amide bonds. The lowest BCUT2D eigenvalue weighted by Crippen LogP contribution is -2.31. The molecule has 0 fully saturated rings. The van der Waals surface area contributed by atoms with Crippen LogP contribution in [0.1, 0.15) is 18.5 Å². The van der Waals surface area contributed by atoms with Crippen molar-refractivity contribution in [2.24, 2.45) is 0 Å². The van der Waals surface area contributed by atoms with Crippen LogP contribution < -0.4 is 5.32 Å². The maximum Gasteiger partial charge on any atom is 0.316 e. The SMILES string of the molecule is C[C@H](NC(=O)COC(=O)CSc1ccccc1F)c1ccc(F)cc1F. The molecule has 1 N–H and O–H groups in total. The lowest BCUT2D eigenvalue weighted by Gasteiger charge is -2.15. The van der Waals surface area contributed by atoms with Crippen molar-refractivity contribution in [2.75, 3.05) is 12.4 Å². The molecule has 0 unspecified atom stereocenters. The summed E-state index contributed by atoms with van der Waals surface area (Å²) in [7, 11) is 0. The van der Waals surface area contributed by atoms with Gasteiger partial charge in [0.15, 0.2) is 6.61 Å². The lowest BCUT2D eigenvalue weighted by atomic mass is 10.1. The van der Waals surface area contributed by atoms with Crippen molar-refractivity contribution in [3.63, 3.8) is 0 Å². The Morgan fingerprint density at radius 1 is 1.12 bits per heavy atom. The zero-order valence-electron chi connectivity index (χ0n) is 13.8. The van der Waals surface area contributed by atoms with Crippen LogP contribution >= 0.6 is 11.8 Å². The van der Waals surface area contributed by atoms with Gasteiger partial charge in [0.2, 0.25) is 0 Å². The first-order valence-electron chi connectivity index (χ1n) is 7.64. The molecule has 138 valence electrons. The first-order valence-corrected chi connectivity index (χ1v) is 8.62. The molecule has 1 atom stereocenters. The van der Waals surface area contributed by atoms with Gasteiger partial charge >= 0.3 is 5.97 Å². The molecule has 0 aromatic heterocycles. The van der Waals surface area contributed by atoms with Crippen LogP contribution in [0.5, 0.6) is 0 Å². The number of hydrogen-bond donors (Lipinski definition) is 1. The number of carbonyl (C=O) groups excluding carboxylic acids is 2. The molecule has 0 spiro atoms. The Hall–Kier alpha value is -2.48. The molecule has 0 saturated carbocycles. The van der Waals surface area contributed by atoms with Gasteiger partial charge in [-0.1, -0.05) is 18.2 Å². The maximum absolute atomic E-state index is 13.6. The van der Waals surface area contributed by atoms with Crippen LogP contribution in [-0.4, -0.2) is 24.2 Å². The van der Waals surface area contributed by atoms with Crippen molar-refractivity contribution >= 4 is 23.6 Å². The van der Waals surface area contributed by atoms with E-state index < -0.39 is 42.0 Å². The highest BCUT2D eigenvalue weighted by molar-refractivity contribution is 8.00. The Bertz CT molecular complexity index is 801. The lowest BCUT2D eigenvalue weighted by molar-refractivity contribution is -0.146. The van der Waals surface area contributed by atoms with Crippen molar-refractivity contribution in [2.45, 2.75) is 17.9 Å². The minimum atomic E-state index is -0.781. The molecule has 8 heteroatoms. The van der Waals surface area contributed by atoms with E-state index >= 15 is 0 Å². The molecule has 0 heterocycles. The second kappa shape index (κ2) is 9.28. The fourth-order valence-electron chi connectivity index (χ4n) is 2.10. The van der Waals surface area contributed by atoms with Crippen LogP contribution in [0, 0.1) is 17.5 Å². The highest BCUT2D eigenvalue weighted by Gasteiger charge is 2.16. The number of amides is 1. The quantitative estimate of drug-likeness (QED) is 0.586. The van der Waals surface area contributed by atoms with E-state index in [0.717, 1.165) is 23.9 Å². The predicted molar refractivity (Wildman–Crippen MR) is 91.0 cm³/mol. The van der Waals surface area contributed by atoms with Crippen molar-refractivity contribution in [3.05, 3.63) is 65.5 Å². The normalized spacial score (nSPS) is 11.7. The Labute approximate surface area is 152 Å². The molecule has 0 bridgehead atoms. The van der Waals surface area contributed by atoms with Crippen molar-refractivity contribution < 1.29 is 27.5 Å². The summed E-state index contributed by atoms with van der Waals surface area (Å²) >= 11 is 0.955. The van der Waals surface area contributed by atoms with Gasteiger partial charge < -0.3 is 10.1 Å². The van der Waals surface area contributed by atoms with E-state index in [1.165, 1.54) is 31.2 Å². The largest absolute Gasteiger partial charge is 0.455 e. The fourth-order valence-corrected chi connectivity index (χ4v) is 2.84. The van der Waals surface area contributed by atoms with Crippen LogP contribution in [0.3, 0.4) is 0 Å². The van der Waals surface area contributed by atoms with E-state index in [1.54, 1.807) is 6.07 Å². The number of carbonyl (C=O) groups is 2. The summed E-state index contributed by atoms with van der Waals surface area (Å²) in [6.07, 6.45) is 0. The van der Waals surface area contributed by atoms with Gasteiger partial charge in [0, 0.05) is 16.5 Å². The average molecular weight is 383 g/mol. The number of hydrogen-bond acceptors (Lipinski definition) is 4. The second-order valence-corrected chi connectivity index (χ2v) is 6.35. The van der Waals surface area contributed by atoms with Crippen LogP contribution in [0.2, 0.25) is 0 Å². The number of benzene rings is 2. The fraction of sp³-hybridized carbons (Fsp3) is 0.222. The molecule has 2 aromatic carbocycles. The Morgan fingerprint density at radius 2 is 1.85 bits per heavy atom. The summed E-state index contributed by atoms with van der Waals surface area (Å²) < 4.78 is 44.8. The summed E-state index contributed by atoms with van der Waals surface area (Å²) in [6, 6.07) is 8.28. The Kier molecular flexibility index (Phi) is 7.08. The molecule has 0 aliphatic rings. The molecule has 0 saturated heterocycles. The highest BCUT2D eigenvalue weighted by atomic mass is 32.2. The Morgan fingerprint density at radius 3 is 2.54 bits per heavy atom. The molecule has 2 rings (SSSR count). The van der Waals surface area contributed by atoms with Gasteiger partial charge in [-0.15, -0.1) is 11.8 Å². The molecule has 0 aliphatic carbocycles. The Balaban J connectivity index is 1.77. The minimum Gasteiger partial charge on any atom is -0.455 e. The minimum absolute atomic E-state index is 0.112. The molecule has 2 aromatic rings. The molecule has 0 aliphatic heterocycles. The number of ether oxygens (including phenoxy) is 1. The van der Waals surface area contributed by atoms with E-state index in [-0.39, 0.29) is 11.3 Å². The monoisotopic (exact) mass is 383 g/mol. The zero-order chi connectivity index (χ0) is 19.1. The number of halogens is 3. The van der Waals surface area contributed by atoms with E-state index in [2.05, 4.69) is 5.32 Å². The van der Waals surface area contributed by atoms with Gasteiger partial charge in [-0.25, -0.2) is 13.2 Å². The van der Waals surface area contributed by atoms with Gasteiger partial charge in [0.25, 0.3) is 5.91 Å². The zero-order valence-corrected chi connectivity index (χ0v) is 14.6. The van der Waals surface area contributed by atoms with E-state index in [9.17, 15) is 22.8 Å². The third-order valence-electron chi connectivity index (χ3n) is 3.35. The van der Waals surface area contributed by atoms with E-state index in [0.29, 0.717) is 4.90 Å². The third kappa shape index (κ3) is 5.80. The predicted octanol–water partition coefficient (Wildman–Crippen LogP) is 3.62. The summed E-state index contributed by atoms with van der Waals surface area (Å²) in [6.45, 7) is 0.966. The summed E-state index contributed by atoms with van der Waals surface area (Å²) in [5.41, 5.74) is 0.112. The molecule has 4 nitrogen and oxygen atoms in total. The van der Waals surface area contributed by atoms with Crippen LogP contribution in [0.25, 0.3) is 0 Å². The molecular formula is C18H16F3NO3S. The van der Waals surface area contributed by atoms with Gasteiger partial charge in [-0.2, -0.15) is 0 Å². The first kappa shape index (κ1) is 19.8. The van der Waals surface area contributed by atoms with Crippen LogP contribution in [0.15, 0.2) is 47.4 Å². The summed E-state index contributed by atoms with van der Waals surface area (Å²) in [4.78, 5) is 23.7. The summed E-state index contributed by atoms with van der Waals surface area (Å²) in [5, 5.41) is 2.45. The number of thioether (sulfide) groups is 1. The van der Waals surface area contributed by atoms with Gasteiger partial charge in [0.05, 0.1) is 11.8 Å². The smallest absolute Gasteiger partial charge is 0.316 e. The number of rotatable bonds is 7. The van der Waals surface area contributed by atoms with Crippen molar-refractivity contribution in [1.29, 1.82) is 0 Å². The average Bonchev–Trinajstić information content (AvgIpc) is 2.59. The number of esters is 1. The van der Waals surface area contributed by atoms with Crippen molar-refractivity contribution in [3.8, 4) is 0 Å². The molecule has 26 heavy (non-hydrogen) atoms. The van der Waals surface area contributed by atoms with Crippen LogP contribution in [0.4, 0.5) is 13.2 Å².